The molecule has 1 fully saturated rings. The molecule has 6 nitrogen and oxygen atoms in total. The van der Waals surface area contributed by atoms with E-state index >= 15 is 0 Å². The van der Waals surface area contributed by atoms with E-state index in [2.05, 4.69) is 43.2 Å². The molecule has 1 N–H and O–H groups in total. The largest absolute Gasteiger partial charge is 0.487 e. The molecule has 3 aromatic rings. The van der Waals surface area contributed by atoms with Crippen molar-refractivity contribution in [2.75, 3.05) is 4.90 Å². The van der Waals surface area contributed by atoms with Crippen molar-refractivity contribution in [3.05, 3.63) is 97.4 Å². The predicted molar refractivity (Wildman–Crippen MR) is 138 cm³/mol. The highest BCUT2D eigenvalue weighted by Crippen LogP contribution is 2.36. The Balaban J connectivity index is 1.60. The van der Waals surface area contributed by atoms with Crippen LogP contribution in [-0.2, 0) is 16.2 Å². The molecule has 34 heavy (non-hydrogen) atoms. The van der Waals surface area contributed by atoms with Gasteiger partial charge in [0.05, 0.1) is 14.6 Å². The lowest BCUT2D eigenvalue weighted by Gasteiger charge is -2.26. The third-order valence-corrected chi connectivity index (χ3v) is 6.37. The maximum atomic E-state index is 13.1. The number of halogens is 2. The number of nitrogens with zero attached hydrogens (tertiary/aromatic N) is 1. The number of rotatable bonds is 5. The fourth-order valence-electron chi connectivity index (χ4n) is 3.51. The number of hydrogen-bond acceptors (Lipinski definition) is 4. The third kappa shape index (κ3) is 5.13. The molecule has 0 aromatic heterocycles. The Bertz CT molecular complexity index is 1310. The van der Waals surface area contributed by atoms with Crippen molar-refractivity contribution in [2.45, 2.75) is 20.5 Å². The minimum Gasteiger partial charge on any atom is -0.487 e. The van der Waals surface area contributed by atoms with Gasteiger partial charge in [0.2, 0.25) is 0 Å². The van der Waals surface area contributed by atoms with Crippen LogP contribution in [0.15, 0.2) is 75.2 Å². The number of carbonyl (C=O) groups is 3. The SMILES string of the molecule is Cc1ccc(N2C(=O)NC(=O)/C(=C\c3cc(Br)c(OCc4cccc(C)c4)c(Br)c3)C2=O)cc1. The summed E-state index contributed by atoms with van der Waals surface area (Å²) in [4.78, 5) is 38.9. The lowest BCUT2D eigenvalue weighted by Crippen LogP contribution is -2.54. The first-order chi connectivity index (χ1) is 16.2. The van der Waals surface area contributed by atoms with Gasteiger partial charge in [0.15, 0.2) is 0 Å². The van der Waals surface area contributed by atoms with Crippen LogP contribution in [0, 0.1) is 13.8 Å². The average molecular weight is 584 g/mol. The third-order valence-electron chi connectivity index (χ3n) is 5.19. The van der Waals surface area contributed by atoms with Crippen LogP contribution in [0.2, 0.25) is 0 Å². The molecule has 0 spiro atoms. The maximum absolute atomic E-state index is 13.1. The number of ether oxygens (including phenoxy) is 1. The Hall–Kier alpha value is -3.23. The Morgan fingerprint density at radius 1 is 0.912 bits per heavy atom. The van der Waals surface area contributed by atoms with E-state index in [0.29, 0.717) is 32.6 Å². The van der Waals surface area contributed by atoms with Gasteiger partial charge >= 0.3 is 6.03 Å². The van der Waals surface area contributed by atoms with Crippen LogP contribution in [0.25, 0.3) is 6.08 Å². The van der Waals surface area contributed by atoms with E-state index in [1.54, 1.807) is 36.4 Å². The summed E-state index contributed by atoms with van der Waals surface area (Å²) in [6.45, 7) is 4.31. The van der Waals surface area contributed by atoms with Gasteiger partial charge in [-0.15, -0.1) is 0 Å². The molecule has 3 aromatic carbocycles. The van der Waals surface area contributed by atoms with Crippen LogP contribution in [-0.4, -0.2) is 17.8 Å². The van der Waals surface area contributed by atoms with Gasteiger partial charge in [0, 0.05) is 0 Å². The normalized spacial score (nSPS) is 15.0. The molecule has 4 rings (SSSR count). The van der Waals surface area contributed by atoms with Crippen molar-refractivity contribution in [3.63, 3.8) is 0 Å². The van der Waals surface area contributed by atoms with Gasteiger partial charge < -0.3 is 4.74 Å². The Kier molecular flexibility index (Phi) is 7.00. The van der Waals surface area contributed by atoms with E-state index < -0.39 is 17.8 Å². The van der Waals surface area contributed by atoms with Crippen molar-refractivity contribution < 1.29 is 19.1 Å². The Morgan fingerprint density at radius 2 is 1.59 bits per heavy atom. The molecule has 1 saturated heterocycles. The van der Waals surface area contributed by atoms with Crippen molar-refractivity contribution in [1.29, 1.82) is 0 Å². The van der Waals surface area contributed by atoms with Gasteiger partial charge in [-0.3, -0.25) is 14.9 Å². The number of hydrogen-bond donors (Lipinski definition) is 1. The summed E-state index contributed by atoms with van der Waals surface area (Å²) in [5, 5.41) is 2.24. The highest BCUT2D eigenvalue weighted by atomic mass is 79.9. The topological polar surface area (TPSA) is 75.7 Å². The molecular weight excluding hydrogens is 564 g/mol. The monoisotopic (exact) mass is 582 g/mol. The van der Waals surface area contributed by atoms with E-state index in [1.807, 2.05) is 32.0 Å². The fraction of sp³-hybridized carbons (Fsp3) is 0.115. The number of nitrogens with one attached hydrogen (secondary N) is 1. The second kappa shape index (κ2) is 9.95. The van der Waals surface area contributed by atoms with E-state index in [1.165, 1.54) is 6.08 Å². The minimum atomic E-state index is -0.779. The summed E-state index contributed by atoms with van der Waals surface area (Å²) >= 11 is 7.02. The summed E-state index contributed by atoms with van der Waals surface area (Å²) < 4.78 is 7.28. The number of imide groups is 2. The summed E-state index contributed by atoms with van der Waals surface area (Å²) in [6, 6.07) is 17.7. The standard InChI is InChI=1S/C26H20Br2N2O4/c1-15-6-8-19(9-7-15)30-25(32)20(24(31)29-26(30)33)11-18-12-21(27)23(22(28)13-18)34-14-17-5-3-4-16(2)10-17/h3-13H,14H2,1-2H3,(H,29,31,33)/b20-11+. The van der Waals surface area contributed by atoms with Gasteiger partial charge in [-0.05, 0) is 87.2 Å². The lowest BCUT2D eigenvalue weighted by molar-refractivity contribution is -0.122. The van der Waals surface area contributed by atoms with Crippen LogP contribution in [0.5, 0.6) is 5.75 Å². The summed E-state index contributed by atoms with van der Waals surface area (Å²) in [7, 11) is 0. The summed E-state index contributed by atoms with van der Waals surface area (Å²) in [6.07, 6.45) is 1.45. The zero-order chi connectivity index (χ0) is 24.4. The number of amides is 4. The average Bonchev–Trinajstić information content (AvgIpc) is 2.77. The molecule has 0 bridgehead atoms. The van der Waals surface area contributed by atoms with Crippen molar-refractivity contribution in [2.24, 2.45) is 0 Å². The van der Waals surface area contributed by atoms with Crippen molar-refractivity contribution in [3.8, 4) is 5.75 Å². The highest BCUT2D eigenvalue weighted by Gasteiger charge is 2.36. The number of barbiturate groups is 1. The van der Waals surface area contributed by atoms with Crippen molar-refractivity contribution >= 4 is 61.5 Å². The molecule has 1 aliphatic heterocycles. The number of benzene rings is 3. The fourth-order valence-corrected chi connectivity index (χ4v) is 4.96. The molecule has 8 heteroatoms. The first kappa shape index (κ1) is 23.9. The van der Waals surface area contributed by atoms with Gasteiger partial charge in [0.25, 0.3) is 11.8 Å². The van der Waals surface area contributed by atoms with Crippen LogP contribution in [0.3, 0.4) is 0 Å². The van der Waals surface area contributed by atoms with Crippen LogP contribution in [0.4, 0.5) is 10.5 Å². The molecule has 0 radical (unpaired) electrons. The van der Waals surface area contributed by atoms with Gasteiger partial charge in [-0.2, -0.15) is 0 Å². The highest BCUT2D eigenvalue weighted by molar-refractivity contribution is 9.11. The maximum Gasteiger partial charge on any atom is 0.335 e. The smallest absolute Gasteiger partial charge is 0.335 e. The number of urea groups is 1. The molecule has 0 atom stereocenters. The predicted octanol–water partition coefficient (Wildman–Crippen LogP) is 6.07. The minimum absolute atomic E-state index is 0.146. The van der Waals surface area contributed by atoms with Gasteiger partial charge in [0.1, 0.15) is 17.9 Å². The lowest BCUT2D eigenvalue weighted by atomic mass is 10.1. The Labute approximate surface area is 213 Å². The molecular formula is C26H20Br2N2O4. The molecule has 172 valence electrons. The molecule has 4 amide bonds. The summed E-state index contributed by atoms with van der Waals surface area (Å²) in [5.41, 5.74) is 3.99. The van der Waals surface area contributed by atoms with Crippen LogP contribution in [0.1, 0.15) is 22.3 Å². The van der Waals surface area contributed by atoms with Crippen molar-refractivity contribution in [1.82, 2.24) is 5.32 Å². The van der Waals surface area contributed by atoms with E-state index in [0.717, 1.165) is 21.6 Å². The quantitative estimate of drug-likeness (QED) is 0.292. The molecule has 0 unspecified atom stereocenters. The second-order valence-corrected chi connectivity index (χ2v) is 9.59. The summed E-state index contributed by atoms with van der Waals surface area (Å²) in [5.74, 6) is -0.838. The van der Waals surface area contributed by atoms with E-state index in [9.17, 15) is 14.4 Å². The molecule has 0 saturated carbocycles. The van der Waals surface area contributed by atoms with Gasteiger partial charge in [-0.1, -0.05) is 47.5 Å². The van der Waals surface area contributed by atoms with Crippen LogP contribution >= 0.6 is 31.9 Å². The van der Waals surface area contributed by atoms with Gasteiger partial charge in [-0.25, -0.2) is 9.69 Å². The molecule has 1 heterocycles. The zero-order valence-electron chi connectivity index (χ0n) is 18.4. The van der Waals surface area contributed by atoms with E-state index in [4.69, 9.17) is 4.74 Å². The molecule has 0 aliphatic carbocycles. The van der Waals surface area contributed by atoms with E-state index in [-0.39, 0.29) is 5.57 Å². The molecule has 1 aliphatic rings. The number of anilines is 1. The number of carbonyl (C=O) groups excluding carboxylic acids is 3. The first-order valence-corrected chi connectivity index (χ1v) is 12.0. The first-order valence-electron chi connectivity index (χ1n) is 10.4. The second-order valence-electron chi connectivity index (χ2n) is 7.88. The zero-order valence-corrected chi connectivity index (χ0v) is 21.6. The Morgan fingerprint density at radius 3 is 2.24 bits per heavy atom. The van der Waals surface area contributed by atoms with Crippen LogP contribution < -0.4 is 15.0 Å². The number of aryl methyl sites for hydroxylation is 2.